The number of halogens is 1. The summed E-state index contributed by atoms with van der Waals surface area (Å²) in [7, 11) is 1.89. The number of benzene rings is 2. The molecule has 0 heterocycles. The Bertz CT molecular complexity index is 673. The van der Waals surface area contributed by atoms with E-state index in [1.807, 2.05) is 25.1 Å². The second kappa shape index (κ2) is 8.13. The third kappa shape index (κ3) is 5.37. The van der Waals surface area contributed by atoms with Gasteiger partial charge in [-0.05, 0) is 55.6 Å². The summed E-state index contributed by atoms with van der Waals surface area (Å²) in [6.07, 6.45) is 2.04. The van der Waals surface area contributed by atoms with E-state index in [1.165, 1.54) is 17.0 Å². The number of nitrogens with zero attached hydrogens (tertiary/aromatic N) is 1. The van der Waals surface area contributed by atoms with Crippen molar-refractivity contribution in [3.63, 3.8) is 0 Å². The summed E-state index contributed by atoms with van der Waals surface area (Å²) in [5.41, 5.74) is 2.52. The minimum atomic E-state index is -0.354. The van der Waals surface area contributed by atoms with Crippen LogP contribution >= 0.6 is 11.8 Å². The van der Waals surface area contributed by atoms with Crippen LogP contribution in [0.2, 0.25) is 0 Å². The minimum absolute atomic E-state index is 0.151. The van der Waals surface area contributed by atoms with Gasteiger partial charge in [0.05, 0.1) is 6.54 Å². The van der Waals surface area contributed by atoms with Gasteiger partial charge in [-0.3, -0.25) is 9.69 Å². The maximum atomic E-state index is 13.2. The molecule has 0 aliphatic carbocycles. The number of nitrogens with one attached hydrogen (secondary N) is 1. The summed E-state index contributed by atoms with van der Waals surface area (Å²) in [4.78, 5) is 15.2. The Morgan fingerprint density at radius 2 is 1.91 bits per heavy atom. The molecule has 2 aromatic carbocycles. The fourth-order valence-electron chi connectivity index (χ4n) is 2.26. The maximum Gasteiger partial charge on any atom is 0.238 e. The standard InChI is InChI=1S/C18H21FN2OS/c1-13-4-7-15(19)10-17(13)20-18(22)12-21(2)11-14-5-8-16(23-3)9-6-14/h4-10H,11-12H2,1-3H3,(H,20,22). The molecule has 0 spiro atoms. The summed E-state index contributed by atoms with van der Waals surface area (Å²) in [5.74, 6) is -0.505. The zero-order valence-electron chi connectivity index (χ0n) is 13.6. The molecule has 0 unspecified atom stereocenters. The van der Waals surface area contributed by atoms with Crippen LogP contribution in [0.25, 0.3) is 0 Å². The highest BCUT2D eigenvalue weighted by Crippen LogP contribution is 2.17. The van der Waals surface area contributed by atoms with Crippen molar-refractivity contribution in [2.75, 3.05) is 25.2 Å². The molecule has 0 bridgehead atoms. The van der Waals surface area contributed by atoms with E-state index in [0.29, 0.717) is 12.2 Å². The zero-order chi connectivity index (χ0) is 16.8. The quantitative estimate of drug-likeness (QED) is 0.814. The summed E-state index contributed by atoms with van der Waals surface area (Å²) in [6.45, 7) is 2.77. The van der Waals surface area contributed by atoms with Gasteiger partial charge in [-0.25, -0.2) is 4.39 Å². The smallest absolute Gasteiger partial charge is 0.238 e. The molecule has 0 aliphatic rings. The van der Waals surface area contributed by atoms with Crippen LogP contribution in [-0.2, 0) is 11.3 Å². The van der Waals surface area contributed by atoms with Gasteiger partial charge in [-0.15, -0.1) is 11.8 Å². The van der Waals surface area contributed by atoms with Crippen LogP contribution < -0.4 is 5.32 Å². The Kier molecular flexibility index (Phi) is 6.19. The number of rotatable bonds is 6. The van der Waals surface area contributed by atoms with Crippen molar-refractivity contribution in [2.45, 2.75) is 18.4 Å². The zero-order valence-corrected chi connectivity index (χ0v) is 14.4. The number of thioether (sulfide) groups is 1. The van der Waals surface area contributed by atoms with Crippen molar-refractivity contribution in [2.24, 2.45) is 0 Å². The fraction of sp³-hybridized carbons (Fsp3) is 0.278. The normalized spacial score (nSPS) is 10.8. The molecule has 1 amide bonds. The van der Waals surface area contributed by atoms with Gasteiger partial charge in [0, 0.05) is 17.1 Å². The molecule has 1 N–H and O–H groups in total. The molecule has 0 saturated heterocycles. The number of carbonyl (C=O) groups is 1. The number of aryl methyl sites for hydroxylation is 1. The largest absolute Gasteiger partial charge is 0.325 e. The predicted octanol–water partition coefficient (Wildman–Crippen LogP) is 3.93. The molecule has 0 aromatic heterocycles. The van der Waals surface area contributed by atoms with Gasteiger partial charge in [0.15, 0.2) is 0 Å². The van der Waals surface area contributed by atoms with Crippen LogP contribution in [0, 0.1) is 12.7 Å². The van der Waals surface area contributed by atoms with E-state index in [-0.39, 0.29) is 18.3 Å². The van der Waals surface area contributed by atoms with Crippen molar-refractivity contribution in [3.05, 3.63) is 59.4 Å². The van der Waals surface area contributed by atoms with E-state index in [9.17, 15) is 9.18 Å². The molecule has 2 rings (SSSR count). The number of hydrogen-bond acceptors (Lipinski definition) is 3. The molecular weight excluding hydrogens is 311 g/mol. The van der Waals surface area contributed by atoms with Crippen molar-refractivity contribution in [1.82, 2.24) is 4.90 Å². The van der Waals surface area contributed by atoms with E-state index in [4.69, 9.17) is 0 Å². The van der Waals surface area contributed by atoms with Crippen LogP contribution in [0.4, 0.5) is 10.1 Å². The second-order valence-electron chi connectivity index (χ2n) is 5.53. The van der Waals surface area contributed by atoms with Crippen LogP contribution in [0.3, 0.4) is 0 Å². The van der Waals surface area contributed by atoms with Crippen molar-refractivity contribution < 1.29 is 9.18 Å². The van der Waals surface area contributed by atoms with Crippen molar-refractivity contribution in [1.29, 1.82) is 0 Å². The Hall–Kier alpha value is -1.85. The second-order valence-corrected chi connectivity index (χ2v) is 6.41. The van der Waals surface area contributed by atoms with Gasteiger partial charge in [0.2, 0.25) is 5.91 Å². The van der Waals surface area contributed by atoms with Gasteiger partial charge >= 0.3 is 0 Å². The molecule has 0 saturated carbocycles. The van der Waals surface area contributed by atoms with Crippen molar-refractivity contribution in [3.8, 4) is 0 Å². The summed E-state index contributed by atoms with van der Waals surface area (Å²) < 4.78 is 13.2. The van der Waals surface area contributed by atoms with E-state index >= 15 is 0 Å². The van der Waals surface area contributed by atoms with Crippen LogP contribution in [0.5, 0.6) is 0 Å². The first-order valence-corrected chi connectivity index (χ1v) is 8.58. The predicted molar refractivity (Wildman–Crippen MR) is 94.3 cm³/mol. The van der Waals surface area contributed by atoms with E-state index in [0.717, 1.165) is 11.1 Å². The molecule has 5 heteroatoms. The Morgan fingerprint density at radius 1 is 1.22 bits per heavy atom. The number of amides is 1. The molecule has 23 heavy (non-hydrogen) atoms. The Morgan fingerprint density at radius 3 is 2.57 bits per heavy atom. The topological polar surface area (TPSA) is 32.3 Å². The Labute approximate surface area is 140 Å². The SMILES string of the molecule is CSc1ccc(CN(C)CC(=O)Nc2cc(F)ccc2C)cc1. The van der Waals surface area contributed by atoms with Gasteiger partial charge < -0.3 is 5.32 Å². The highest BCUT2D eigenvalue weighted by Gasteiger charge is 2.09. The minimum Gasteiger partial charge on any atom is -0.325 e. The maximum absolute atomic E-state index is 13.2. The summed E-state index contributed by atoms with van der Waals surface area (Å²) in [5, 5.41) is 2.76. The van der Waals surface area contributed by atoms with Gasteiger partial charge in [0.25, 0.3) is 0 Å². The first kappa shape index (κ1) is 17.5. The lowest BCUT2D eigenvalue weighted by molar-refractivity contribution is -0.117. The first-order valence-electron chi connectivity index (χ1n) is 7.35. The molecular formula is C18H21FN2OS. The number of anilines is 1. The molecule has 3 nitrogen and oxygen atoms in total. The van der Waals surface area contributed by atoms with Gasteiger partial charge in [0.1, 0.15) is 5.82 Å². The van der Waals surface area contributed by atoms with E-state index in [2.05, 4.69) is 29.6 Å². The molecule has 0 radical (unpaired) electrons. The lowest BCUT2D eigenvalue weighted by atomic mass is 10.2. The van der Waals surface area contributed by atoms with Crippen LogP contribution in [0.1, 0.15) is 11.1 Å². The number of hydrogen-bond donors (Lipinski definition) is 1. The molecule has 2 aromatic rings. The Balaban J connectivity index is 1.90. The fourth-order valence-corrected chi connectivity index (χ4v) is 2.67. The monoisotopic (exact) mass is 332 g/mol. The average Bonchev–Trinajstić information content (AvgIpc) is 2.51. The van der Waals surface area contributed by atoms with Gasteiger partial charge in [-0.2, -0.15) is 0 Å². The lowest BCUT2D eigenvalue weighted by Crippen LogP contribution is -2.30. The first-order chi connectivity index (χ1) is 11.0. The third-order valence-electron chi connectivity index (χ3n) is 3.50. The van der Waals surface area contributed by atoms with E-state index in [1.54, 1.807) is 17.8 Å². The molecule has 122 valence electrons. The molecule has 0 aliphatic heterocycles. The van der Waals surface area contributed by atoms with E-state index < -0.39 is 0 Å². The molecule has 0 atom stereocenters. The summed E-state index contributed by atoms with van der Waals surface area (Å²) in [6, 6.07) is 12.7. The number of carbonyl (C=O) groups excluding carboxylic acids is 1. The lowest BCUT2D eigenvalue weighted by Gasteiger charge is -2.17. The van der Waals surface area contributed by atoms with Crippen LogP contribution in [-0.4, -0.2) is 30.7 Å². The third-order valence-corrected chi connectivity index (χ3v) is 4.24. The summed E-state index contributed by atoms with van der Waals surface area (Å²) >= 11 is 1.70. The van der Waals surface area contributed by atoms with Gasteiger partial charge in [-0.1, -0.05) is 18.2 Å². The van der Waals surface area contributed by atoms with Crippen LogP contribution in [0.15, 0.2) is 47.4 Å². The highest BCUT2D eigenvalue weighted by atomic mass is 32.2. The number of likely N-dealkylation sites (N-methyl/N-ethyl adjacent to an activating group) is 1. The average molecular weight is 332 g/mol. The molecule has 0 fully saturated rings. The highest BCUT2D eigenvalue weighted by molar-refractivity contribution is 7.98. The van der Waals surface area contributed by atoms with Crippen molar-refractivity contribution >= 4 is 23.4 Å².